The number of aryl methyl sites for hydroxylation is 1. The zero-order chi connectivity index (χ0) is 18.2. The van der Waals surface area contributed by atoms with E-state index in [0.717, 1.165) is 11.1 Å². The predicted octanol–water partition coefficient (Wildman–Crippen LogP) is 2.19. The molecule has 0 saturated heterocycles. The number of aliphatic hydroxyl groups excluding tert-OH is 1. The van der Waals surface area contributed by atoms with Crippen LogP contribution in [-0.2, 0) is 4.79 Å². The number of amides is 1. The first-order valence-electron chi connectivity index (χ1n) is 8.43. The third-order valence-electron chi connectivity index (χ3n) is 4.08. The van der Waals surface area contributed by atoms with E-state index in [2.05, 4.69) is 5.32 Å². The van der Waals surface area contributed by atoms with Gasteiger partial charge in [0.2, 0.25) is 5.91 Å². The fourth-order valence-electron chi connectivity index (χ4n) is 2.46. The smallest absolute Gasteiger partial charge is 0.224 e. The molecule has 5 nitrogen and oxygen atoms in total. The Balaban J connectivity index is 1.76. The van der Waals surface area contributed by atoms with Gasteiger partial charge in [-0.15, -0.1) is 0 Å². The van der Waals surface area contributed by atoms with Gasteiger partial charge in [-0.3, -0.25) is 4.79 Å². The summed E-state index contributed by atoms with van der Waals surface area (Å²) in [7, 11) is 0. The summed E-state index contributed by atoms with van der Waals surface area (Å²) < 4.78 is 5.53. The van der Waals surface area contributed by atoms with Crippen molar-refractivity contribution < 1.29 is 14.6 Å². The monoisotopic (exact) mass is 342 g/mol. The van der Waals surface area contributed by atoms with E-state index in [1.54, 1.807) is 6.92 Å². The van der Waals surface area contributed by atoms with Crippen LogP contribution in [0.4, 0.5) is 0 Å². The summed E-state index contributed by atoms with van der Waals surface area (Å²) in [5, 5.41) is 12.7. The van der Waals surface area contributed by atoms with Crippen molar-refractivity contribution in [1.29, 1.82) is 0 Å². The van der Waals surface area contributed by atoms with Crippen molar-refractivity contribution in [2.75, 3.05) is 13.2 Å². The molecule has 0 fully saturated rings. The van der Waals surface area contributed by atoms with E-state index >= 15 is 0 Å². The number of hydrogen-bond donors (Lipinski definition) is 3. The molecule has 134 valence electrons. The van der Waals surface area contributed by atoms with Crippen LogP contribution in [0.2, 0.25) is 0 Å². The molecule has 0 radical (unpaired) electrons. The quantitative estimate of drug-likeness (QED) is 0.686. The van der Waals surface area contributed by atoms with Gasteiger partial charge in [0.25, 0.3) is 0 Å². The number of aliphatic hydroxyl groups is 1. The van der Waals surface area contributed by atoms with Gasteiger partial charge in [0.15, 0.2) is 0 Å². The molecule has 0 aliphatic heterocycles. The minimum Gasteiger partial charge on any atom is -0.491 e. The molecular weight excluding hydrogens is 316 g/mol. The van der Waals surface area contributed by atoms with Crippen LogP contribution >= 0.6 is 0 Å². The molecule has 2 rings (SSSR count). The van der Waals surface area contributed by atoms with Gasteiger partial charge in [0.1, 0.15) is 18.5 Å². The highest BCUT2D eigenvalue weighted by atomic mass is 16.5. The lowest BCUT2D eigenvalue weighted by Crippen LogP contribution is -2.40. The second-order valence-electron chi connectivity index (χ2n) is 6.25. The number of carbonyl (C=O) groups is 1. The molecule has 1 amide bonds. The molecular formula is C20H26N2O3. The molecule has 3 unspecified atom stereocenters. The van der Waals surface area contributed by atoms with Gasteiger partial charge in [-0.1, -0.05) is 49.4 Å². The van der Waals surface area contributed by atoms with Crippen LogP contribution in [0, 0.1) is 12.8 Å². The van der Waals surface area contributed by atoms with Gasteiger partial charge in [-0.25, -0.2) is 0 Å². The Hall–Kier alpha value is -2.37. The highest BCUT2D eigenvalue weighted by molar-refractivity contribution is 5.79. The lowest BCUT2D eigenvalue weighted by atomic mass is 9.94. The van der Waals surface area contributed by atoms with Gasteiger partial charge in [-0.2, -0.15) is 0 Å². The molecule has 0 aliphatic carbocycles. The zero-order valence-electron chi connectivity index (χ0n) is 14.7. The van der Waals surface area contributed by atoms with Gasteiger partial charge in [-0.05, 0) is 30.2 Å². The normalized spacial score (nSPS) is 14.4. The molecule has 2 aromatic rings. The largest absolute Gasteiger partial charge is 0.491 e. The molecule has 3 atom stereocenters. The van der Waals surface area contributed by atoms with Crippen molar-refractivity contribution in [1.82, 2.24) is 5.32 Å². The maximum Gasteiger partial charge on any atom is 0.224 e. The van der Waals surface area contributed by atoms with Crippen LogP contribution in [0.1, 0.15) is 24.1 Å². The Morgan fingerprint density at radius 1 is 1.20 bits per heavy atom. The molecule has 0 aromatic heterocycles. The lowest BCUT2D eigenvalue weighted by molar-refractivity contribution is -0.125. The van der Waals surface area contributed by atoms with Gasteiger partial charge in [0, 0.05) is 12.6 Å². The van der Waals surface area contributed by atoms with Crippen LogP contribution in [0.15, 0.2) is 54.6 Å². The van der Waals surface area contributed by atoms with Gasteiger partial charge < -0.3 is 20.9 Å². The number of nitrogens with two attached hydrogens (primary N) is 1. The Bertz CT molecular complexity index is 676. The Kier molecular flexibility index (Phi) is 6.98. The minimum atomic E-state index is -0.787. The maximum absolute atomic E-state index is 12.2. The topological polar surface area (TPSA) is 84.6 Å². The first kappa shape index (κ1) is 19.0. The molecule has 0 bridgehead atoms. The number of rotatable bonds is 8. The Morgan fingerprint density at radius 3 is 2.60 bits per heavy atom. The molecule has 4 N–H and O–H groups in total. The van der Waals surface area contributed by atoms with Crippen LogP contribution in [0.25, 0.3) is 0 Å². The van der Waals surface area contributed by atoms with Crippen molar-refractivity contribution >= 4 is 5.91 Å². The van der Waals surface area contributed by atoms with Crippen molar-refractivity contribution in [3.8, 4) is 5.75 Å². The first-order valence-corrected chi connectivity index (χ1v) is 8.43. The van der Waals surface area contributed by atoms with E-state index in [1.807, 2.05) is 61.5 Å². The molecule has 25 heavy (non-hydrogen) atoms. The molecule has 0 saturated carbocycles. The predicted molar refractivity (Wildman–Crippen MR) is 98.2 cm³/mol. The SMILES string of the molecule is Cc1cccc(OCC(O)CNC(=O)C(C)C(N)c2ccccc2)c1. The summed E-state index contributed by atoms with van der Waals surface area (Å²) in [5.41, 5.74) is 8.14. The first-order chi connectivity index (χ1) is 12.0. The average Bonchev–Trinajstić information content (AvgIpc) is 2.64. The summed E-state index contributed by atoms with van der Waals surface area (Å²) in [6.07, 6.45) is -0.787. The third kappa shape index (κ3) is 5.89. The number of nitrogens with one attached hydrogen (secondary N) is 1. The summed E-state index contributed by atoms with van der Waals surface area (Å²) in [6, 6.07) is 16.7. The van der Waals surface area contributed by atoms with Crippen LogP contribution < -0.4 is 15.8 Å². The van der Waals surface area contributed by atoms with Crippen LogP contribution in [0.5, 0.6) is 5.75 Å². The van der Waals surface area contributed by atoms with Crippen molar-refractivity contribution in [3.63, 3.8) is 0 Å². The second-order valence-corrected chi connectivity index (χ2v) is 6.25. The average molecular weight is 342 g/mol. The molecule has 0 heterocycles. The van der Waals surface area contributed by atoms with Crippen LogP contribution in [-0.4, -0.2) is 30.3 Å². The molecule has 5 heteroatoms. The highest BCUT2D eigenvalue weighted by Crippen LogP contribution is 2.19. The summed E-state index contributed by atoms with van der Waals surface area (Å²) in [5.74, 6) is 0.114. The fourth-order valence-corrected chi connectivity index (χ4v) is 2.46. The molecule has 0 aliphatic rings. The van der Waals surface area contributed by atoms with E-state index in [9.17, 15) is 9.90 Å². The zero-order valence-corrected chi connectivity index (χ0v) is 14.7. The fraction of sp³-hybridized carbons (Fsp3) is 0.350. The highest BCUT2D eigenvalue weighted by Gasteiger charge is 2.22. The van der Waals surface area contributed by atoms with E-state index in [-0.39, 0.29) is 25.1 Å². The van der Waals surface area contributed by atoms with E-state index in [1.165, 1.54) is 0 Å². The summed E-state index contributed by atoms with van der Waals surface area (Å²) >= 11 is 0. The number of hydrogen-bond acceptors (Lipinski definition) is 4. The number of ether oxygens (including phenoxy) is 1. The maximum atomic E-state index is 12.2. The van der Waals surface area contributed by atoms with Gasteiger partial charge >= 0.3 is 0 Å². The summed E-state index contributed by atoms with van der Waals surface area (Å²) in [6.45, 7) is 3.99. The lowest BCUT2D eigenvalue weighted by Gasteiger charge is -2.21. The third-order valence-corrected chi connectivity index (χ3v) is 4.08. The Labute approximate surface area is 148 Å². The molecule has 0 spiro atoms. The van der Waals surface area contributed by atoms with Crippen molar-refractivity contribution in [3.05, 3.63) is 65.7 Å². The van der Waals surface area contributed by atoms with E-state index in [0.29, 0.717) is 5.75 Å². The van der Waals surface area contributed by atoms with E-state index < -0.39 is 12.0 Å². The number of carbonyl (C=O) groups excluding carboxylic acids is 1. The summed E-state index contributed by atoms with van der Waals surface area (Å²) in [4.78, 5) is 12.2. The Morgan fingerprint density at radius 2 is 1.92 bits per heavy atom. The minimum absolute atomic E-state index is 0.114. The molecule has 2 aromatic carbocycles. The second kappa shape index (κ2) is 9.20. The standard InChI is InChI=1S/C20H26N2O3/c1-14-7-6-10-18(11-14)25-13-17(23)12-22-20(24)15(2)19(21)16-8-4-3-5-9-16/h3-11,15,17,19,23H,12-13,21H2,1-2H3,(H,22,24). The van der Waals surface area contributed by atoms with Crippen molar-refractivity contribution in [2.45, 2.75) is 26.0 Å². The van der Waals surface area contributed by atoms with E-state index in [4.69, 9.17) is 10.5 Å². The van der Waals surface area contributed by atoms with Crippen molar-refractivity contribution in [2.24, 2.45) is 11.7 Å². The van der Waals surface area contributed by atoms with Gasteiger partial charge in [0.05, 0.1) is 5.92 Å². The number of benzene rings is 2. The van der Waals surface area contributed by atoms with Crippen LogP contribution in [0.3, 0.4) is 0 Å².